The molecule has 0 radical (unpaired) electrons. The maximum absolute atomic E-state index is 14.2. The van der Waals surface area contributed by atoms with Crippen LogP contribution in [0.25, 0.3) is 5.76 Å². The summed E-state index contributed by atoms with van der Waals surface area (Å²) in [6.07, 6.45) is 3.13. The maximum Gasteiger partial charge on any atom is 0.295 e. The first kappa shape index (κ1) is 21.2. The van der Waals surface area contributed by atoms with Gasteiger partial charge in [-0.25, -0.2) is 8.78 Å². The minimum atomic E-state index is -0.999. The van der Waals surface area contributed by atoms with Crippen LogP contribution in [0.5, 0.6) is 5.75 Å². The van der Waals surface area contributed by atoms with Gasteiger partial charge in [0.2, 0.25) is 0 Å². The first-order valence-corrected chi connectivity index (χ1v) is 9.67. The van der Waals surface area contributed by atoms with Crippen molar-refractivity contribution >= 4 is 17.4 Å². The number of rotatable bonds is 5. The summed E-state index contributed by atoms with van der Waals surface area (Å²) >= 11 is 0. The van der Waals surface area contributed by atoms with Gasteiger partial charge in [-0.1, -0.05) is 18.2 Å². The number of carbonyl (C=O) groups excluding carboxylic acids is 2. The van der Waals surface area contributed by atoms with Crippen LogP contribution < -0.4 is 4.74 Å². The van der Waals surface area contributed by atoms with Gasteiger partial charge in [-0.05, 0) is 47.5 Å². The molecular weight excluding hydrogens is 418 g/mol. The zero-order valence-electron chi connectivity index (χ0n) is 17.0. The van der Waals surface area contributed by atoms with Crippen LogP contribution in [-0.4, -0.2) is 33.8 Å². The lowest BCUT2D eigenvalue weighted by molar-refractivity contribution is -0.140. The lowest BCUT2D eigenvalue weighted by Gasteiger charge is -2.25. The second kappa shape index (κ2) is 8.58. The van der Waals surface area contributed by atoms with E-state index < -0.39 is 35.1 Å². The van der Waals surface area contributed by atoms with Gasteiger partial charge in [0.05, 0.1) is 18.7 Å². The monoisotopic (exact) mass is 436 g/mol. The second-order valence-electron chi connectivity index (χ2n) is 7.19. The number of ketones is 1. The van der Waals surface area contributed by atoms with E-state index in [1.54, 1.807) is 24.5 Å². The van der Waals surface area contributed by atoms with E-state index in [1.807, 2.05) is 0 Å². The van der Waals surface area contributed by atoms with E-state index in [2.05, 4.69) is 4.98 Å². The topological polar surface area (TPSA) is 79.7 Å². The van der Waals surface area contributed by atoms with E-state index in [-0.39, 0.29) is 23.4 Å². The SMILES string of the molecule is COc1ccc(/C(O)=C2/C(=O)C(=O)N(Cc3cccnc3)C2c2ccc(F)cc2)cc1F. The third kappa shape index (κ3) is 3.82. The fraction of sp³-hybridized carbons (Fsp3) is 0.125. The van der Waals surface area contributed by atoms with Crippen molar-refractivity contribution in [2.45, 2.75) is 12.6 Å². The Hall–Kier alpha value is -4.07. The molecule has 1 saturated heterocycles. The Morgan fingerprint density at radius 2 is 1.88 bits per heavy atom. The molecule has 1 unspecified atom stereocenters. The molecule has 0 spiro atoms. The van der Waals surface area contributed by atoms with Gasteiger partial charge in [0.15, 0.2) is 11.6 Å². The molecule has 32 heavy (non-hydrogen) atoms. The van der Waals surface area contributed by atoms with Crippen molar-refractivity contribution in [1.82, 2.24) is 9.88 Å². The van der Waals surface area contributed by atoms with Crippen LogP contribution in [0.15, 0.2) is 72.6 Å². The summed E-state index contributed by atoms with van der Waals surface area (Å²) in [5.41, 5.74) is 0.881. The summed E-state index contributed by atoms with van der Waals surface area (Å²) in [4.78, 5) is 31.2. The number of amides is 1. The van der Waals surface area contributed by atoms with Gasteiger partial charge in [0, 0.05) is 24.5 Å². The van der Waals surface area contributed by atoms with Crippen LogP contribution in [0, 0.1) is 11.6 Å². The fourth-order valence-electron chi connectivity index (χ4n) is 3.69. The number of aromatic nitrogens is 1. The molecule has 1 atom stereocenters. The number of hydrogen-bond donors (Lipinski definition) is 1. The molecular formula is C24H18F2N2O4. The van der Waals surface area contributed by atoms with E-state index in [4.69, 9.17) is 4.74 Å². The van der Waals surface area contributed by atoms with Gasteiger partial charge in [-0.2, -0.15) is 0 Å². The summed E-state index contributed by atoms with van der Waals surface area (Å²) < 4.78 is 32.7. The highest BCUT2D eigenvalue weighted by Crippen LogP contribution is 2.40. The number of benzene rings is 2. The second-order valence-corrected chi connectivity index (χ2v) is 7.19. The third-order valence-electron chi connectivity index (χ3n) is 5.23. The number of methoxy groups -OCH3 is 1. The van der Waals surface area contributed by atoms with Crippen molar-refractivity contribution in [2.24, 2.45) is 0 Å². The average Bonchev–Trinajstić information content (AvgIpc) is 3.04. The number of pyridine rings is 1. The Morgan fingerprint density at radius 3 is 2.50 bits per heavy atom. The number of ether oxygens (including phenoxy) is 1. The van der Waals surface area contributed by atoms with E-state index >= 15 is 0 Å². The molecule has 3 aromatic rings. The zero-order valence-corrected chi connectivity index (χ0v) is 17.0. The van der Waals surface area contributed by atoms with Gasteiger partial charge >= 0.3 is 0 Å². The van der Waals surface area contributed by atoms with Crippen molar-refractivity contribution < 1.29 is 28.2 Å². The highest BCUT2D eigenvalue weighted by Gasteiger charge is 2.46. The number of nitrogens with zero attached hydrogens (tertiary/aromatic N) is 2. The molecule has 6 nitrogen and oxygen atoms in total. The largest absolute Gasteiger partial charge is 0.507 e. The molecule has 1 N–H and O–H groups in total. The van der Waals surface area contributed by atoms with Crippen LogP contribution in [0.3, 0.4) is 0 Å². The normalized spacial score (nSPS) is 17.6. The number of Topliss-reactive ketones (excluding diaryl/α,β-unsaturated/α-hetero) is 1. The first-order valence-electron chi connectivity index (χ1n) is 9.67. The molecule has 2 aromatic carbocycles. The quantitative estimate of drug-likeness (QED) is 0.372. The number of likely N-dealkylation sites (tertiary alicyclic amines) is 1. The number of aliphatic hydroxyl groups excluding tert-OH is 1. The molecule has 0 bridgehead atoms. The summed E-state index contributed by atoms with van der Waals surface area (Å²) in [6.45, 7) is 0.0359. The number of hydrogen-bond acceptors (Lipinski definition) is 5. The Bertz CT molecular complexity index is 1210. The smallest absolute Gasteiger partial charge is 0.295 e. The summed E-state index contributed by atoms with van der Waals surface area (Å²) in [5, 5.41) is 11.0. The minimum absolute atomic E-state index is 0.00906. The molecule has 0 saturated carbocycles. The summed E-state index contributed by atoms with van der Waals surface area (Å²) in [7, 11) is 1.30. The van der Waals surface area contributed by atoms with E-state index in [1.165, 1.54) is 48.4 Å². The summed E-state index contributed by atoms with van der Waals surface area (Å²) in [6, 6.07) is 11.4. The minimum Gasteiger partial charge on any atom is -0.507 e. The van der Waals surface area contributed by atoms with Crippen LogP contribution in [0.4, 0.5) is 8.78 Å². The van der Waals surface area contributed by atoms with Crippen LogP contribution >= 0.6 is 0 Å². The van der Waals surface area contributed by atoms with E-state index in [9.17, 15) is 23.5 Å². The van der Waals surface area contributed by atoms with Gasteiger partial charge < -0.3 is 14.7 Å². The highest BCUT2D eigenvalue weighted by molar-refractivity contribution is 6.46. The standard InChI is InChI=1S/C24H18F2N2O4/c1-32-19-9-6-16(11-18(19)26)22(29)20-21(15-4-7-17(25)8-5-15)28(24(31)23(20)30)13-14-3-2-10-27-12-14/h2-12,21,29H,13H2,1H3/b22-20-. The summed E-state index contributed by atoms with van der Waals surface area (Å²) in [5.74, 6) is -3.55. The Balaban J connectivity index is 1.86. The molecule has 4 rings (SSSR count). The first-order chi connectivity index (χ1) is 15.4. The lowest BCUT2D eigenvalue weighted by atomic mass is 9.95. The van der Waals surface area contributed by atoms with Gasteiger partial charge in [-0.15, -0.1) is 0 Å². The molecule has 0 aliphatic carbocycles. The molecule has 1 aliphatic rings. The van der Waals surface area contributed by atoms with Gasteiger partial charge in [-0.3, -0.25) is 14.6 Å². The maximum atomic E-state index is 14.2. The zero-order chi connectivity index (χ0) is 22.8. The van der Waals surface area contributed by atoms with E-state index in [0.29, 0.717) is 11.1 Å². The van der Waals surface area contributed by atoms with Crippen molar-refractivity contribution in [3.05, 3.63) is 101 Å². The van der Waals surface area contributed by atoms with Crippen molar-refractivity contribution in [1.29, 1.82) is 0 Å². The number of carbonyl (C=O) groups is 2. The van der Waals surface area contributed by atoms with Crippen LogP contribution in [0.1, 0.15) is 22.7 Å². The predicted octanol–water partition coefficient (Wildman–Crippen LogP) is 3.99. The van der Waals surface area contributed by atoms with Crippen molar-refractivity contribution in [3.63, 3.8) is 0 Å². The molecule has 1 amide bonds. The Kier molecular flexibility index (Phi) is 5.68. The molecule has 1 aromatic heterocycles. The third-order valence-corrected chi connectivity index (χ3v) is 5.23. The lowest BCUT2D eigenvalue weighted by Crippen LogP contribution is -2.29. The van der Waals surface area contributed by atoms with Crippen molar-refractivity contribution in [2.75, 3.05) is 7.11 Å². The fourth-order valence-corrected chi connectivity index (χ4v) is 3.69. The molecule has 8 heteroatoms. The highest BCUT2D eigenvalue weighted by atomic mass is 19.1. The Morgan fingerprint density at radius 1 is 1.12 bits per heavy atom. The number of aliphatic hydroxyl groups is 1. The predicted molar refractivity (Wildman–Crippen MR) is 111 cm³/mol. The van der Waals surface area contributed by atoms with E-state index in [0.717, 1.165) is 6.07 Å². The number of halogens is 2. The Labute approximate surface area is 182 Å². The average molecular weight is 436 g/mol. The van der Waals surface area contributed by atoms with Crippen LogP contribution in [-0.2, 0) is 16.1 Å². The van der Waals surface area contributed by atoms with Gasteiger partial charge in [0.25, 0.3) is 11.7 Å². The molecule has 162 valence electrons. The van der Waals surface area contributed by atoms with Gasteiger partial charge in [0.1, 0.15) is 11.6 Å². The van der Waals surface area contributed by atoms with Crippen molar-refractivity contribution in [3.8, 4) is 5.75 Å². The van der Waals surface area contributed by atoms with Crippen LogP contribution in [0.2, 0.25) is 0 Å². The molecule has 1 fully saturated rings. The molecule has 2 heterocycles. The molecule has 1 aliphatic heterocycles.